The molecule has 6 heteroatoms. The molecule has 1 N–H and O–H groups in total. The lowest BCUT2D eigenvalue weighted by Crippen LogP contribution is -2.22. The van der Waals surface area contributed by atoms with Gasteiger partial charge >= 0.3 is 0 Å². The molecule has 1 amide bonds. The molecule has 0 radical (unpaired) electrons. The molecule has 4 rings (SSSR count). The number of halogens is 1. The fourth-order valence-electron chi connectivity index (χ4n) is 3.28. The lowest BCUT2D eigenvalue weighted by atomic mass is 10.1. The first-order valence-electron chi connectivity index (χ1n) is 9.10. The quantitative estimate of drug-likeness (QED) is 0.567. The molecule has 0 aliphatic rings. The summed E-state index contributed by atoms with van der Waals surface area (Å²) < 4.78 is 15.8. The molecular formula is C23H18FN3O2. The lowest BCUT2D eigenvalue weighted by Gasteiger charge is -2.13. The summed E-state index contributed by atoms with van der Waals surface area (Å²) >= 11 is 0. The average molecular weight is 387 g/mol. The minimum absolute atomic E-state index is 0.00605. The third-order valence-corrected chi connectivity index (χ3v) is 4.68. The fraction of sp³-hybridized carbons (Fsp3) is 0.0870. The number of hydrogen-bond acceptors (Lipinski definition) is 3. The number of rotatable bonds is 3. The van der Waals surface area contributed by atoms with Gasteiger partial charge in [0.25, 0.3) is 11.5 Å². The van der Waals surface area contributed by atoms with Crippen molar-refractivity contribution in [1.29, 1.82) is 0 Å². The molecule has 4 aromatic rings. The number of aryl methyl sites for hydroxylation is 2. The van der Waals surface area contributed by atoms with Crippen LogP contribution in [0.1, 0.15) is 21.7 Å². The number of carbonyl (C=O) groups excluding carboxylic acids is 1. The number of para-hydroxylation sites is 1. The second kappa shape index (κ2) is 7.31. The zero-order valence-electron chi connectivity index (χ0n) is 15.9. The van der Waals surface area contributed by atoms with Gasteiger partial charge in [-0.1, -0.05) is 29.8 Å². The highest BCUT2D eigenvalue weighted by molar-refractivity contribution is 6.04. The summed E-state index contributed by atoms with van der Waals surface area (Å²) in [6, 6.07) is 18.2. The van der Waals surface area contributed by atoms with Crippen molar-refractivity contribution in [1.82, 2.24) is 9.55 Å². The van der Waals surface area contributed by atoms with Crippen molar-refractivity contribution in [3.05, 3.63) is 99.9 Å². The summed E-state index contributed by atoms with van der Waals surface area (Å²) in [4.78, 5) is 30.0. The van der Waals surface area contributed by atoms with Gasteiger partial charge in [0, 0.05) is 5.56 Å². The number of nitrogens with zero attached hydrogens (tertiary/aromatic N) is 2. The molecule has 29 heavy (non-hydrogen) atoms. The van der Waals surface area contributed by atoms with Crippen LogP contribution in [0.3, 0.4) is 0 Å². The number of carbonyl (C=O) groups is 1. The Morgan fingerprint density at radius 1 is 1.00 bits per heavy atom. The Balaban J connectivity index is 1.77. The van der Waals surface area contributed by atoms with Crippen LogP contribution in [0.25, 0.3) is 16.6 Å². The van der Waals surface area contributed by atoms with Crippen molar-refractivity contribution >= 4 is 22.5 Å². The van der Waals surface area contributed by atoms with E-state index in [0.717, 1.165) is 5.56 Å². The van der Waals surface area contributed by atoms with Crippen molar-refractivity contribution in [2.45, 2.75) is 13.8 Å². The first-order chi connectivity index (χ1) is 13.9. The van der Waals surface area contributed by atoms with Crippen LogP contribution < -0.4 is 10.9 Å². The maximum absolute atomic E-state index is 14.4. The standard InChI is InChI=1S/C23H18FN3O2/c1-14-6-5-7-16(12-14)22(28)26-21-13-17(10-11-19(21)24)27-15(2)25-20-9-4-3-8-18(20)23(27)29/h3-13H,1-2H3,(H,26,28). The molecule has 1 heterocycles. The molecule has 0 saturated heterocycles. The van der Waals surface area contributed by atoms with Crippen LogP contribution in [0.15, 0.2) is 71.5 Å². The SMILES string of the molecule is Cc1cccc(C(=O)Nc2cc(-n3c(C)nc4ccccc4c3=O)ccc2F)c1. The summed E-state index contributed by atoms with van der Waals surface area (Å²) in [6.07, 6.45) is 0. The van der Waals surface area contributed by atoms with Gasteiger partial charge in [-0.3, -0.25) is 14.2 Å². The molecule has 0 spiro atoms. The first-order valence-corrected chi connectivity index (χ1v) is 9.10. The number of fused-ring (bicyclic) bond motifs is 1. The predicted octanol–water partition coefficient (Wildman–Crippen LogP) is 4.39. The highest BCUT2D eigenvalue weighted by Gasteiger charge is 2.14. The second-order valence-electron chi connectivity index (χ2n) is 6.80. The fourth-order valence-corrected chi connectivity index (χ4v) is 3.28. The Kier molecular flexibility index (Phi) is 4.68. The number of amides is 1. The Bertz CT molecular complexity index is 1310. The Labute approximate surface area is 166 Å². The molecule has 0 fully saturated rings. The van der Waals surface area contributed by atoms with Crippen LogP contribution in [-0.2, 0) is 0 Å². The van der Waals surface area contributed by atoms with E-state index in [1.54, 1.807) is 43.3 Å². The number of benzene rings is 3. The summed E-state index contributed by atoms with van der Waals surface area (Å²) in [7, 11) is 0. The Hall–Kier alpha value is -3.80. The summed E-state index contributed by atoms with van der Waals surface area (Å²) in [5.74, 6) is -0.545. The van der Waals surface area contributed by atoms with Gasteiger partial charge in [0.2, 0.25) is 0 Å². The van der Waals surface area contributed by atoms with E-state index < -0.39 is 11.7 Å². The molecule has 3 aromatic carbocycles. The molecule has 0 bridgehead atoms. The minimum atomic E-state index is -0.589. The topological polar surface area (TPSA) is 64.0 Å². The molecule has 5 nitrogen and oxygen atoms in total. The van der Waals surface area contributed by atoms with E-state index in [0.29, 0.717) is 28.0 Å². The average Bonchev–Trinajstić information content (AvgIpc) is 2.70. The van der Waals surface area contributed by atoms with Crippen LogP contribution >= 0.6 is 0 Å². The normalized spacial score (nSPS) is 10.9. The highest BCUT2D eigenvalue weighted by atomic mass is 19.1. The van der Waals surface area contributed by atoms with Gasteiger partial charge in [0.05, 0.1) is 22.3 Å². The summed E-state index contributed by atoms with van der Waals surface area (Å²) in [6.45, 7) is 3.59. The largest absolute Gasteiger partial charge is 0.319 e. The zero-order chi connectivity index (χ0) is 20.5. The van der Waals surface area contributed by atoms with Crippen molar-refractivity contribution in [3.8, 4) is 5.69 Å². The highest BCUT2D eigenvalue weighted by Crippen LogP contribution is 2.21. The molecule has 0 unspecified atom stereocenters. The monoisotopic (exact) mass is 387 g/mol. The summed E-state index contributed by atoms with van der Waals surface area (Å²) in [5.41, 5.74) is 2.11. The van der Waals surface area contributed by atoms with E-state index in [1.807, 2.05) is 19.1 Å². The molecule has 0 atom stereocenters. The summed E-state index contributed by atoms with van der Waals surface area (Å²) in [5, 5.41) is 3.06. The Morgan fingerprint density at radius 2 is 1.79 bits per heavy atom. The number of nitrogens with one attached hydrogen (secondary N) is 1. The molecule has 144 valence electrons. The molecule has 0 saturated carbocycles. The van der Waals surface area contributed by atoms with Crippen LogP contribution in [0, 0.1) is 19.7 Å². The maximum Gasteiger partial charge on any atom is 0.265 e. The Morgan fingerprint density at radius 3 is 2.59 bits per heavy atom. The number of hydrogen-bond donors (Lipinski definition) is 1. The van der Waals surface area contributed by atoms with Gasteiger partial charge in [-0.05, 0) is 56.3 Å². The number of aromatic nitrogens is 2. The maximum atomic E-state index is 14.4. The van der Waals surface area contributed by atoms with Gasteiger partial charge in [-0.15, -0.1) is 0 Å². The minimum Gasteiger partial charge on any atom is -0.319 e. The molecule has 0 aliphatic carbocycles. The van der Waals surface area contributed by atoms with E-state index in [-0.39, 0.29) is 11.2 Å². The van der Waals surface area contributed by atoms with Gasteiger partial charge in [0.15, 0.2) is 0 Å². The van der Waals surface area contributed by atoms with Crippen molar-refractivity contribution in [3.63, 3.8) is 0 Å². The van der Waals surface area contributed by atoms with Gasteiger partial charge in [-0.2, -0.15) is 0 Å². The van der Waals surface area contributed by atoms with Crippen molar-refractivity contribution in [2.24, 2.45) is 0 Å². The van der Waals surface area contributed by atoms with Gasteiger partial charge < -0.3 is 5.32 Å². The van der Waals surface area contributed by atoms with E-state index in [9.17, 15) is 14.0 Å². The van der Waals surface area contributed by atoms with Crippen LogP contribution in [-0.4, -0.2) is 15.5 Å². The third-order valence-electron chi connectivity index (χ3n) is 4.68. The van der Waals surface area contributed by atoms with Crippen LogP contribution in [0.5, 0.6) is 0 Å². The smallest absolute Gasteiger partial charge is 0.265 e. The van der Waals surface area contributed by atoms with E-state index in [2.05, 4.69) is 10.3 Å². The van der Waals surface area contributed by atoms with Gasteiger partial charge in [-0.25, -0.2) is 9.37 Å². The van der Waals surface area contributed by atoms with E-state index in [4.69, 9.17) is 0 Å². The molecule has 0 aliphatic heterocycles. The van der Waals surface area contributed by atoms with Crippen molar-refractivity contribution in [2.75, 3.05) is 5.32 Å². The van der Waals surface area contributed by atoms with Crippen LogP contribution in [0.2, 0.25) is 0 Å². The predicted molar refractivity (Wildman–Crippen MR) is 111 cm³/mol. The second-order valence-corrected chi connectivity index (χ2v) is 6.80. The lowest BCUT2D eigenvalue weighted by molar-refractivity contribution is 0.102. The van der Waals surface area contributed by atoms with Crippen LogP contribution in [0.4, 0.5) is 10.1 Å². The number of anilines is 1. The van der Waals surface area contributed by atoms with Crippen molar-refractivity contribution < 1.29 is 9.18 Å². The molecular weight excluding hydrogens is 369 g/mol. The van der Waals surface area contributed by atoms with E-state index in [1.165, 1.54) is 22.8 Å². The zero-order valence-corrected chi connectivity index (χ0v) is 15.9. The first kappa shape index (κ1) is 18.6. The van der Waals surface area contributed by atoms with Gasteiger partial charge in [0.1, 0.15) is 11.6 Å². The third kappa shape index (κ3) is 3.52. The molecule has 1 aromatic heterocycles. The van der Waals surface area contributed by atoms with E-state index >= 15 is 0 Å².